The highest BCUT2D eigenvalue weighted by Gasteiger charge is 2.22. The molecule has 0 saturated carbocycles. The van der Waals surface area contributed by atoms with E-state index in [-0.39, 0.29) is 23.7 Å². The van der Waals surface area contributed by atoms with Crippen LogP contribution in [0.3, 0.4) is 0 Å². The van der Waals surface area contributed by atoms with Crippen LogP contribution in [0.5, 0.6) is 0 Å². The fourth-order valence-corrected chi connectivity index (χ4v) is 3.87. The number of carbonyl (C=O) groups is 2. The van der Waals surface area contributed by atoms with Gasteiger partial charge in [0.1, 0.15) is 12.4 Å². The van der Waals surface area contributed by atoms with Gasteiger partial charge < -0.3 is 15.0 Å². The average molecular weight is 488 g/mol. The van der Waals surface area contributed by atoms with Crippen LogP contribution >= 0.6 is 15.9 Å². The van der Waals surface area contributed by atoms with Crippen molar-refractivity contribution in [1.29, 1.82) is 0 Å². The van der Waals surface area contributed by atoms with Crippen LogP contribution in [-0.4, -0.2) is 47.6 Å². The van der Waals surface area contributed by atoms with E-state index in [4.69, 9.17) is 4.74 Å². The molecule has 1 N–H and O–H groups in total. The van der Waals surface area contributed by atoms with Gasteiger partial charge in [-0.1, -0.05) is 34.1 Å². The molecule has 2 aromatic carbocycles. The van der Waals surface area contributed by atoms with Crippen molar-refractivity contribution >= 4 is 44.3 Å². The summed E-state index contributed by atoms with van der Waals surface area (Å²) in [5.74, 6) is -1.39. The fourth-order valence-electron chi connectivity index (χ4n) is 3.54. The summed E-state index contributed by atoms with van der Waals surface area (Å²) in [6.45, 7) is 1.50. The number of benzene rings is 2. The summed E-state index contributed by atoms with van der Waals surface area (Å²) in [5.41, 5.74) is 0.280. The van der Waals surface area contributed by atoms with Crippen molar-refractivity contribution in [2.75, 3.05) is 31.6 Å². The minimum absolute atomic E-state index is 0.0182. The highest BCUT2D eigenvalue weighted by molar-refractivity contribution is 9.10. The van der Waals surface area contributed by atoms with Gasteiger partial charge in [-0.2, -0.15) is 0 Å². The smallest absolute Gasteiger partial charge is 0.254 e. The van der Waals surface area contributed by atoms with Crippen molar-refractivity contribution in [2.45, 2.75) is 6.54 Å². The van der Waals surface area contributed by atoms with Crippen molar-refractivity contribution in [3.8, 4) is 0 Å². The molecule has 31 heavy (non-hydrogen) atoms. The molecule has 2 heterocycles. The van der Waals surface area contributed by atoms with Crippen molar-refractivity contribution in [3.63, 3.8) is 0 Å². The number of hydrogen-bond acceptors (Lipinski definition) is 4. The lowest BCUT2D eigenvalue weighted by molar-refractivity contribution is -0.116. The molecule has 9 heteroatoms. The maximum atomic E-state index is 14.0. The third-order valence-corrected chi connectivity index (χ3v) is 5.55. The molecule has 1 fully saturated rings. The maximum absolute atomic E-state index is 14.0. The van der Waals surface area contributed by atoms with E-state index in [1.54, 1.807) is 35.2 Å². The van der Waals surface area contributed by atoms with Crippen LogP contribution in [-0.2, 0) is 16.1 Å². The molecular formula is C22H19BrFN3O4. The van der Waals surface area contributed by atoms with E-state index < -0.39 is 17.3 Å². The van der Waals surface area contributed by atoms with E-state index in [1.165, 1.54) is 22.8 Å². The first kappa shape index (κ1) is 21.2. The lowest BCUT2D eigenvalue weighted by Crippen LogP contribution is -2.41. The van der Waals surface area contributed by atoms with Crippen molar-refractivity contribution in [1.82, 2.24) is 9.47 Å². The minimum atomic E-state index is -0.591. The number of hydrogen-bond donors (Lipinski definition) is 1. The van der Waals surface area contributed by atoms with Gasteiger partial charge in [0.05, 0.1) is 30.0 Å². The minimum Gasteiger partial charge on any atom is -0.378 e. The number of rotatable bonds is 4. The second-order valence-corrected chi connectivity index (χ2v) is 7.99. The topological polar surface area (TPSA) is 80.6 Å². The maximum Gasteiger partial charge on any atom is 0.254 e. The molecule has 0 aliphatic carbocycles. The van der Waals surface area contributed by atoms with Gasteiger partial charge in [-0.05, 0) is 24.3 Å². The first-order valence-corrected chi connectivity index (χ1v) is 10.5. The molecule has 0 radical (unpaired) electrons. The largest absolute Gasteiger partial charge is 0.378 e. The number of anilines is 1. The van der Waals surface area contributed by atoms with E-state index in [9.17, 15) is 18.8 Å². The molecule has 160 valence electrons. The SMILES string of the molecule is O=C(Cn1c(=O)cc(C(=O)N2CCOCC2)c2ccccc21)Nc1ccc(Br)cc1F. The summed E-state index contributed by atoms with van der Waals surface area (Å²) in [5, 5.41) is 3.05. The Morgan fingerprint density at radius 3 is 2.58 bits per heavy atom. The number of para-hydroxylation sites is 1. The molecule has 4 rings (SSSR count). The zero-order chi connectivity index (χ0) is 22.0. The van der Waals surface area contributed by atoms with E-state index in [2.05, 4.69) is 21.2 Å². The van der Waals surface area contributed by atoms with Gasteiger partial charge >= 0.3 is 0 Å². The number of fused-ring (bicyclic) bond motifs is 1. The number of nitrogens with zero attached hydrogens (tertiary/aromatic N) is 2. The molecule has 1 aromatic heterocycles. The molecule has 0 atom stereocenters. The second kappa shape index (κ2) is 8.99. The zero-order valence-corrected chi connectivity index (χ0v) is 18.0. The Hall–Kier alpha value is -3.04. The molecule has 1 aliphatic heterocycles. The Morgan fingerprint density at radius 1 is 1.10 bits per heavy atom. The Bertz CT molecular complexity index is 1220. The summed E-state index contributed by atoms with van der Waals surface area (Å²) in [6.07, 6.45) is 0. The van der Waals surface area contributed by atoms with Crippen LogP contribution in [0.2, 0.25) is 0 Å². The number of amides is 2. The summed E-state index contributed by atoms with van der Waals surface area (Å²) in [7, 11) is 0. The van der Waals surface area contributed by atoms with Crippen LogP contribution < -0.4 is 10.9 Å². The van der Waals surface area contributed by atoms with E-state index in [0.29, 0.717) is 41.7 Å². The molecule has 2 amide bonds. The monoisotopic (exact) mass is 487 g/mol. The first-order chi connectivity index (χ1) is 14.9. The molecule has 7 nitrogen and oxygen atoms in total. The number of ether oxygens (including phenoxy) is 1. The summed E-state index contributed by atoms with van der Waals surface area (Å²) >= 11 is 3.16. The van der Waals surface area contributed by atoms with Crippen LogP contribution in [0.15, 0.2) is 57.8 Å². The van der Waals surface area contributed by atoms with E-state index in [0.717, 1.165) is 0 Å². The van der Waals surface area contributed by atoms with Gasteiger partial charge in [0.2, 0.25) is 5.91 Å². The third kappa shape index (κ3) is 4.52. The van der Waals surface area contributed by atoms with Gasteiger partial charge in [0.25, 0.3) is 11.5 Å². The van der Waals surface area contributed by atoms with Gasteiger partial charge in [0.15, 0.2) is 0 Å². The Labute approximate surface area is 185 Å². The number of morpholine rings is 1. The lowest BCUT2D eigenvalue weighted by atomic mass is 10.1. The fraction of sp³-hybridized carbons (Fsp3) is 0.227. The first-order valence-electron chi connectivity index (χ1n) is 9.68. The average Bonchev–Trinajstić information content (AvgIpc) is 2.77. The zero-order valence-electron chi connectivity index (χ0n) is 16.4. The summed E-state index contributed by atoms with van der Waals surface area (Å²) in [6, 6.07) is 12.5. The Kier molecular flexibility index (Phi) is 6.15. The molecule has 1 aliphatic rings. The van der Waals surface area contributed by atoms with Gasteiger partial charge in [-0.15, -0.1) is 0 Å². The van der Waals surface area contributed by atoms with Gasteiger partial charge in [-0.3, -0.25) is 19.0 Å². The van der Waals surface area contributed by atoms with Gasteiger partial charge in [-0.25, -0.2) is 4.39 Å². The van der Waals surface area contributed by atoms with Crippen molar-refractivity contribution in [3.05, 3.63) is 74.7 Å². The molecule has 3 aromatic rings. The molecular weight excluding hydrogens is 469 g/mol. The normalized spacial score (nSPS) is 13.9. The van der Waals surface area contributed by atoms with Crippen molar-refractivity contribution in [2.24, 2.45) is 0 Å². The van der Waals surface area contributed by atoms with E-state index >= 15 is 0 Å². The molecule has 0 unspecified atom stereocenters. The van der Waals surface area contributed by atoms with Crippen LogP contribution in [0.25, 0.3) is 10.9 Å². The van der Waals surface area contributed by atoms with Crippen LogP contribution in [0.4, 0.5) is 10.1 Å². The number of nitrogens with one attached hydrogen (secondary N) is 1. The van der Waals surface area contributed by atoms with E-state index in [1.807, 2.05) is 0 Å². The number of carbonyl (C=O) groups excluding carboxylic acids is 2. The number of halogens is 2. The summed E-state index contributed by atoms with van der Waals surface area (Å²) in [4.78, 5) is 40.0. The van der Waals surface area contributed by atoms with Crippen LogP contribution in [0, 0.1) is 5.82 Å². The lowest BCUT2D eigenvalue weighted by Gasteiger charge is -2.27. The third-order valence-electron chi connectivity index (χ3n) is 5.05. The predicted octanol–water partition coefficient (Wildman–Crippen LogP) is 3.01. The van der Waals surface area contributed by atoms with Gasteiger partial charge in [0, 0.05) is 29.0 Å². The quantitative estimate of drug-likeness (QED) is 0.613. The van der Waals surface area contributed by atoms with Crippen molar-refractivity contribution < 1.29 is 18.7 Å². The number of aromatic nitrogens is 1. The second-order valence-electron chi connectivity index (χ2n) is 7.08. The highest BCUT2D eigenvalue weighted by atomic mass is 79.9. The molecule has 0 bridgehead atoms. The highest BCUT2D eigenvalue weighted by Crippen LogP contribution is 2.21. The predicted molar refractivity (Wildman–Crippen MR) is 118 cm³/mol. The van der Waals surface area contributed by atoms with Crippen LogP contribution in [0.1, 0.15) is 10.4 Å². The number of pyridine rings is 1. The standard InChI is InChI=1S/C22H19BrFN3O4/c23-14-5-6-18(17(24)11-14)25-20(28)13-27-19-4-2-1-3-15(19)16(12-21(27)29)22(30)26-7-9-31-10-8-26/h1-6,11-12H,7-10,13H2,(H,25,28). The Balaban J connectivity index is 1.66. The Morgan fingerprint density at radius 2 is 1.84 bits per heavy atom. The summed E-state index contributed by atoms with van der Waals surface area (Å²) < 4.78 is 21.1. The molecule has 0 spiro atoms. The molecule has 1 saturated heterocycles.